The Labute approximate surface area is 77.5 Å². The van der Waals surface area contributed by atoms with Gasteiger partial charge in [0.05, 0.1) is 25.3 Å². The molecule has 5 nitrogen and oxygen atoms in total. The number of nitrogens with zero attached hydrogens (tertiary/aromatic N) is 1. The van der Waals surface area contributed by atoms with E-state index in [9.17, 15) is 9.90 Å². The molecule has 1 aliphatic heterocycles. The molecule has 1 heterocycles. The van der Waals surface area contributed by atoms with Crippen molar-refractivity contribution in [1.82, 2.24) is 4.90 Å². The Bertz CT molecular complexity index is 186. The lowest BCUT2D eigenvalue weighted by molar-refractivity contribution is -0.156. The van der Waals surface area contributed by atoms with Crippen molar-refractivity contribution in [3.8, 4) is 0 Å². The fourth-order valence-corrected chi connectivity index (χ4v) is 1.29. The normalized spacial score (nSPS) is 19.8. The molecule has 76 valence electrons. The number of carbonyl (C=O) groups is 1. The van der Waals surface area contributed by atoms with Crippen LogP contribution in [0.25, 0.3) is 0 Å². The van der Waals surface area contributed by atoms with Gasteiger partial charge in [-0.2, -0.15) is 0 Å². The Morgan fingerprint density at radius 1 is 1.69 bits per heavy atom. The Morgan fingerprint density at radius 3 is 2.77 bits per heavy atom. The van der Waals surface area contributed by atoms with Crippen LogP contribution in [0.15, 0.2) is 0 Å². The molecule has 0 saturated carbocycles. The summed E-state index contributed by atoms with van der Waals surface area (Å²) in [4.78, 5) is 12.8. The third-order valence-corrected chi connectivity index (χ3v) is 1.90. The lowest BCUT2D eigenvalue weighted by Gasteiger charge is -2.44. The molecule has 5 heteroatoms. The molecule has 1 aliphatic rings. The highest BCUT2D eigenvalue weighted by Gasteiger charge is 2.39. The molecule has 0 aromatic carbocycles. The minimum absolute atomic E-state index is 0.0628. The van der Waals surface area contributed by atoms with Gasteiger partial charge in [-0.25, -0.2) is 0 Å². The monoisotopic (exact) mass is 188 g/mol. The molecule has 0 aromatic heterocycles. The molecule has 3 N–H and O–H groups in total. The van der Waals surface area contributed by atoms with Crippen molar-refractivity contribution in [2.24, 2.45) is 5.73 Å². The summed E-state index contributed by atoms with van der Waals surface area (Å²) in [5, 5.41) is 9.35. The Balaban J connectivity index is 2.12. The molecule has 13 heavy (non-hydrogen) atoms. The molecule has 0 bridgehead atoms. The number of hydrogen-bond donors (Lipinski definition) is 2. The molecule has 1 fully saturated rings. The molecule has 1 amide bonds. The molecule has 0 atom stereocenters. The maximum atomic E-state index is 11.2. The summed E-state index contributed by atoms with van der Waals surface area (Å²) in [5.74, 6) is -0.0834. The molecule has 1 saturated heterocycles. The van der Waals surface area contributed by atoms with Crippen LogP contribution in [0.4, 0.5) is 0 Å². The lowest BCUT2D eigenvalue weighted by Crippen LogP contribution is -2.62. The van der Waals surface area contributed by atoms with Crippen molar-refractivity contribution in [2.75, 3.05) is 32.8 Å². The molecular formula is C8H16N2O3. The SMILES string of the molecule is CC1(O)CN(C(=O)COCCN)C1. The number of aliphatic hydroxyl groups is 1. The van der Waals surface area contributed by atoms with Crippen LogP contribution in [0.5, 0.6) is 0 Å². The third kappa shape index (κ3) is 2.95. The van der Waals surface area contributed by atoms with Gasteiger partial charge in [-0.1, -0.05) is 0 Å². The number of likely N-dealkylation sites (tertiary alicyclic amines) is 1. The van der Waals surface area contributed by atoms with Gasteiger partial charge in [-0.3, -0.25) is 4.79 Å². The van der Waals surface area contributed by atoms with Gasteiger partial charge >= 0.3 is 0 Å². The van der Waals surface area contributed by atoms with E-state index in [-0.39, 0.29) is 12.5 Å². The van der Waals surface area contributed by atoms with E-state index in [1.807, 2.05) is 0 Å². The summed E-state index contributed by atoms with van der Waals surface area (Å²) in [6.07, 6.45) is 0. The first kappa shape index (κ1) is 10.4. The van der Waals surface area contributed by atoms with Gasteiger partial charge in [0.1, 0.15) is 6.61 Å². The molecule has 0 radical (unpaired) electrons. The summed E-state index contributed by atoms with van der Waals surface area (Å²) >= 11 is 0. The quantitative estimate of drug-likeness (QED) is 0.529. The van der Waals surface area contributed by atoms with E-state index in [4.69, 9.17) is 10.5 Å². The predicted octanol–water partition coefficient (Wildman–Crippen LogP) is -1.45. The van der Waals surface area contributed by atoms with Crippen LogP contribution in [-0.4, -0.2) is 54.4 Å². The van der Waals surface area contributed by atoms with E-state index in [2.05, 4.69) is 0 Å². The van der Waals surface area contributed by atoms with Crippen LogP contribution < -0.4 is 5.73 Å². The second-order valence-corrected chi connectivity index (χ2v) is 3.59. The predicted molar refractivity (Wildman–Crippen MR) is 47.1 cm³/mol. The van der Waals surface area contributed by atoms with E-state index < -0.39 is 5.60 Å². The number of ether oxygens (including phenoxy) is 1. The fourth-order valence-electron chi connectivity index (χ4n) is 1.29. The molecule has 0 unspecified atom stereocenters. The highest BCUT2D eigenvalue weighted by molar-refractivity contribution is 5.78. The zero-order valence-electron chi connectivity index (χ0n) is 7.82. The first-order valence-corrected chi connectivity index (χ1v) is 4.33. The standard InChI is InChI=1S/C8H16N2O3/c1-8(12)5-10(6-8)7(11)4-13-3-2-9/h12H,2-6,9H2,1H3. The maximum absolute atomic E-state index is 11.2. The maximum Gasteiger partial charge on any atom is 0.248 e. The lowest BCUT2D eigenvalue weighted by atomic mass is 9.97. The highest BCUT2D eigenvalue weighted by Crippen LogP contribution is 2.19. The Kier molecular flexibility index (Phi) is 3.24. The number of β-amino-alcohol motifs (C(OH)–C–C–N with tert-alkyl or cyclic N) is 1. The molecule has 0 aliphatic carbocycles. The van der Waals surface area contributed by atoms with Crippen LogP contribution in [0, 0.1) is 0 Å². The van der Waals surface area contributed by atoms with Crippen LogP contribution in [0.1, 0.15) is 6.92 Å². The van der Waals surface area contributed by atoms with E-state index in [1.54, 1.807) is 11.8 Å². The number of nitrogens with two attached hydrogens (primary N) is 1. The minimum atomic E-state index is -0.705. The van der Waals surface area contributed by atoms with Gasteiger partial charge in [-0.15, -0.1) is 0 Å². The van der Waals surface area contributed by atoms with Gasteiger partial charge < -0.3 is 20.5 Å². The molecular weight excluding hydrogens is 172 g/mol. The average molecular weight is 188 g/mol. The number of hydrogen-bond acceptors (Lipinski definition) is 4. The van der Waals surface area contributed by atoms with Crippen molar-refractivity contribution in [3.05, 3.63) is 0 Å². The first-order valence-electron chi connectivity index (χ1n) is 4.33. The van der Waals surface area contributed by atoms with Crippen LogP contribution in [-0.2, 0) is 9.53 Å². The van der Waals surface area contributed by atoms with Gasteiger partial charge in [0.25, 0.3) is 0 Å². The topological polar surface area (TPSA) is 75.8 Å². The average Bonchev–Trinajstić information content (AvgIpc) is 2.00. The third-order valence-electron chi connectivity index (χ3n) is 1.90. The number of amides is 1. The Morgan fingerprint density at radius 2 is 2.31 bits per heavy atom. The van der Waals surface area contributed by atoms with Gasteiger partial charge in [-0.05, 0) is 6.92 Å². The molecule has 1 rings (SSSR count). The highest BCUT2D eigenvalue weighted by atomic mass is 16.5. The zero-order valence-corrected chi connectivity index (χ0v) is 7.82. The molecule has 0 spiro atoms. The summed E-state index contributed by atoms with van der Waals surface area (Å²) < 4.78 is 4.97. The van der Waals surface area contributed by atoms with E-state index >= 15 is 0 Å². The van der Waals surface area contributed by atoms with Gasteiger partial charge in [0.2, 0.25) is 5.91 Å². The van der Waals surface area contributed by atoms with Crippen molar-refractivity contribution in [3.63, 3.8) is 0 Å². The van der Waals surface area contributed by atoms with Crippen molar-refractivity contribution in [1.29, 1.82) is 0 Å². The number of carbonyl (C=O) groups excluding carboxylic acids is 1. The van der Waals surface area contributed by atoms with Crippen LogP contribution >= 0.6 is 0 Å². The minimum Gasteiger partial charge on any atom is -0.386 e. The van der Waals surface area contributed by atoms with Crippen molar-refractivity contribution in [2.45, 2.75) is 12.5 Å². The largest absolute Gasteiger partial charge is 0.386 e. The smallest absolute Gasteiger partial charge is 0.248 e. The summed E-state index contributed by atoms with van der Waals surface area (Å²) in [6.45, 7) is 3.39. The summed E-state index contributed by atoms with van der Waals surface area (Å²) in [6, 6.07) is 0. The van der Waals surface area contributed by atoms with Crippen LogP contribution in [0.2, 0.25) is 0 Å². The van der Waals surface area contributed by atoms with Crippen LogP contribution in [0.3, 0.4) is 0 Å². The summed E-state index contributed by atoms with van der Waals surface area (Å²) in [7, 11) is 0. The van der Waals surface area contributed by atoms with E-state index in [1.165, 1.54) is 0 Å². The van der Waals surface area contributed by atoms with E-state index in [0.29, 0.717) is 26.2 Å². The van der Waals surface area contributed by atoms with Gasteiger partial charge in [0, 0.05) is 6.54 Å². The second-order valence-electron chi connectivity index (χ2n) is 3.59. The zero-order chi connectivity index (χ0) is 9.90. The van der Waals surface area contributed by atoms with E-state index in [0.717, 1.165) is 0 Å². The van der Waals surface area contributed by atoms with Crippen molar-refractivity contribution < 1.29 is 14.6 Å². The number of rotatable bonds is 4. The van der Waals surface area contributed by atoms with Gasteiger partial charge in [0.15, 0.2) is 0 Å². The summed E-state index contributed by atoms with van der Waals surface area (Å²) in [5.41, 5.74) is 4.49. The fraction of sp³-hybridized carbons (Fsp3) is 0.875. The first-order chi connectivity index (χ1) is 6.05. The molecule has 0 aromatic rings. The Hall–Kier alpha value is -0.650. The second kappa shape index (κ2) is 4.04. The van der Waals surface area contributed by atoms with Crippen molar-refractivity contribution >= 4 is 5.91 Å².